The monoisotopic (exact) mass is 403 g/mol. The van der Waals surface area contributed by atoms with Crippen LogP contribution in [0.3, 0.4) is 0 Å². The number of ether oxygens (including phenoxy) is 6. The number of fused-ring (bicyclic) bond motifs is 3. The van der Waals surface area contributed by atoms with E-state index >= 15 is 0 Å². The van der Waals surface area contributed by atoms with Gasteiger partial charge >= 0.3 is 12.1 Å². The van der Waals surface area contributed by atoms with Crippen LogP contribution in [0.4, 0.5) is 4.79 Å². The lowest BCUT2D eigenvalue weighted by molar-refractivity contribution is -0.240. The predicted octanol–water partition coefficient (Wildman–Crippen LogP) is 1.36. The Hall–Kier alpha value is -1.46. The first-order valence-corrected chi connectivity index (χ1v) is 9.26. The van der Waals surface area contributed by atoms with E-state index in [-0.39, 0.29) is 0 Å². The number of carboxylic acid groups (broad SMARTS) is 1. The largest absolute Gasteiger partial charge is 0.480 e. The molecule has 2 N–H and O–H groups in total. The van der Waals surface area contributed by atoms with Crippen molar-refractivity contribution < 1.29 is 43.1 Å². The van der Waals surface area contributed by atoms with E-state index in [4.69, 9.17) is 28.4 Å². The molecule has 10 nitrogen and oxygen atoms in total. The number of carbonyl (C=O) groups excluding carboxylic acids is 1. The van der Waals surface area contributed by atoms with Crippen LogP contribution in [-0.2, 0) is 33.2 Å². The van der Waals surface area contributed by atoms with Crippen molar-refractivity contribution in [3.05, 3.63) is 0 Å². The highest BCUT2D eigenvalue weighted by Gasteiger charge is 2.62. The normalized spacial score (nSPS) is 36.9. The van der Waals surface area contributed by atoms with E-state index in [2.05, 4.69) is 5.32 Å². The third-order valence-corrected chi connectivity index (χ3v) is 4.46. The second kappa shape index (κ2) is 6.81. The van der Waals surface area contributed by atoms with Gasteiger partial charge in [-0.15, -0.1) is 0 Å². The van der Waals surface area contributed by atoms with Crippen LogP contribution in [-0.4, -0.2) is 71.1 Å². The number of carboxylic acids is 1. The van der Waals surface area contributed by atoms with E-state index in [9.17, 15) is 14.7 Å². The highest BCUT2D eigenvalue weighted by atomic mass is 16.9. The standard InChI is InChI=1S/C18H29NO9/c1-16(2,3)28-15(22)19-8(13(20)21)9-10-11(25-17(4,5)24-10)12-14(23-9)27-18(6,7)26-12/h8-12,14H,1-7H3,(H,19,22)(H,20,21)/t8-,9?,10?,11?,12?,14?/m0/s1. The molecule has 0 aromatic carbocycles. The minimum atomic E-state index is -1.44. The molecule has 160 valence electrons. The van der Waals surface area contributed by atoms with E-state index in [1.807, 2.05) is 0 Å². The Morgan fingerprint density at radius 3 is 2.07 bits per heavy atom. The number of hydrogen-bond acceptors (Lipinski definition) is 8. The fraction of sp³-hybridized carbons (Fsp3) is 0.889. The van der Waals surface area contributed by atoms with Gasteiger partial charge in [0, 0.05) is 0 Å². The molecule has 10 heteroatoms. The SMILES string of the molecule is CC(C)(C)OC(=O)N[C@H](C(=O)O)C1OC2OC(C)(C)OC2C2OC(C)(C)OC21. The zero-order chi connectivity index (χ0) is 21.1. The highest BCUT2D eigenvalue weighted by molar-refractivity contribution is 5.80. The summed E-state index contributed by atoms with van der Waals surface area (Å²) in [4.78, 5) is 24.1. The molecule has 0 radical (unpaired) electrons. The first-order chi connectivity index (χ1) is 12.7. The summed E-state index contributed by atoms with van der Waals surface area (Å²) in [6.07, 6.45) is -4.80. The van der Waals surface area contributed by atoms with Crippen molar-refractivity contribution in [1.29, 1.82) is 0 Å². The van der Waals surface area contributed by atoms with Crippen LogP contribution < -0.4 is 5.32 Å². The van der Waals surface area contributed by atoms with Gasteiger partial charge in [-0.1, -0.05) is 0 Å². The summed E-state index contributed by atoms with van der Waals surface area (Å²) in [7, 11) is 0. The molecule has 3 aliphatic heterocycles. The molecular formula is C18H29NO9. The lowest BCUT2D eigenvalue weighted by Gasteiger charge is -2.39. The van der Waals surface area contributed by atoms with Gasteiger partial charge in [0.2, 0.25) is 0 Å². The number of alkyl carbamates (subject to hydrolysis) is 1. The summed E-state index contributed by atoms with van der Waals surface area (Å²) in [5.74, 6) is -3.20. The van der Waals surface area contributed by atoms with Crippen LogP contribution in [0.25, 0.3) is 0 Å². The predicted molar refractivity (Wildman–Crippen MR) is 93.3 cm³/mol. The minimum absolute atomic E-state index is 0.589. The van der Waals surface area contributed by atoms with Gasteiger partial charge < -0.3 is 38.8 Å². The van der Waals surface area contributed by atoms with E-state index in [0.29, 0.717) is 0 Å². The summed E-state index contributed by atoms with van der Waals surface area (Å²) < 4.78 is 34.6. The number of carbonyl (C=O) groups is 2. The van der Waals surface area contributed by atoms with Crippen LogP contribution in [0.1, 0.15) is 48.5 Å². The molecular weight excluding hydrogens is 374 g/mol. The van der Waals surface area contributed by atoms with Crippen molar-refractivity contribution in [1.82, 2.24) is 5.32 Å². The first-order valence-electron chi connectivity index (χ1n) is 9.26. The fourth-order valence-electron chi connectivity index (χ4n) is 3.63. The Kier molecular flexibility index (Phi) is 5.17. The summed E-state index contributed by atoms with van der Waals surface area (Å²) in [5, 5.41) is 12.1. The molecule has 6 atom stereocenters. The van der Waals surface area contributed by atoms with Gasteiger partial charge in [-0.25, -0.2) is 9.59 Å². The molecule has 1 amide bonds. The van der Waals surface area contributed by atoms with Gasteiger partial charge in [0.25, 0.3) is 0 Å². The Bertz CT molecular complexity index is 641. The zero-order valence-electron chi connectivity index (χ0n) is 17.2. The van der Waals surface area contributed by atoms with Gasteiger partial charge in [0.05, 0.1) is 0 Å². The lowest BCUT2D eigenvalue weighted by atomic mass is 9.94. The third kappa shape index (κ3) is 4.41. The highest BCUT2D eigenvalue weighted by Crippen LogP contribution is 2.44. The molecule has 3 heterocycles. The third-order valence-electron chi connectivity index (χ3n) is 4.46. The zero-order valence-corrected chi connectivity index (χ0v) is 17.2. The van der Waals surface area contributed by atoms with Crippen molar-refractivity contribution in [3.8, 4) is 0 Å². The van der Waals surface area contributed by atoms with Gasteiger partial charge in [0.15, 0.2) is 23.9 Å². The van der Waals surface area contributed by atoms with Crippen molar-refractivity contribution >= 4 is 12.1 Å². The van der Waals surface area contributed by atoms with Crippen LogP contribution in [0.15, 0.2) is 0 Å². The second-order valence-corrected chi connectivity index (χ2v) is 9.10. The topological polar surface area (TPSA) is 122 Å². The molecule has 0 bridgehead atoms. The number of nitrogens with one attached hydrogen (secondary N) is 1. The number of amides is 1. The molecule has 0 aromatic heterocycles. The Morgan fingerprint density at radius 2 is 1.50 bits per heavy atom. The van der Waals surface area contributed by atoms with E-state index < -0.39 is 66.0 Å². The van der Waals surface area contributed by atoms with Crippen molar-refractivity contribution in [2.24, 2.45) is 0 Å². The average molecular weight is 403 g/mol. The summed E-state index contributed by atoms with van der Waals surface area (Å²) in [5.41, 5.74) is -0.782. The summed E-state index contributed by atoms with van der Waals surface area (Å²) >= 11 is 0. The molecule has 28 heavy (non-hydrogen) atoms. The fourth-order valence-corrected chi connectivity index (χ4v) is 3.63. The molecule has 5 unspecified atom stereocenters. The summed E-state index contributed by atoms with van der Waals surface area (Å²) in [6.45, 7) is 11.9. The van der Waals surface area contributed by atoms with Crippen molar-refractivity contribution in [3.63, 3.8) is 0 Å². The number of rotatable bonds is 3. The summed E-state index contributed by atoms with van der Waals surface area (Å²) in [6, 6.07) is -1.44. The Morgan fingerprint density at radius 1 is 0.964 bits per heavy atom. The maximum Gasteiger partial charge on any atom is 0.408 e. The first kappa shape index (κ1) is 21.3. The molecule has 3 fully saturated rings. The van der Waals surface area contributed by atoms with E-state index in [0.717, 1.165) is 0 Å². The molecule has 0 aromatic rings. The van der Waals surface area contributed by atoms with E-state index in [1.54, 1.807) is 48.5 Å². The second-order valence-electron chi connectivity index (χ2n) is 9.10. The molecule has 3 saturated heterocycles. The molecule has 0 aliphatic carbocycles. The molecule has 0 spiro atoms. The Labute approximate surface area is 163 Å². The number of aliphatic carboxylic acids is 1. The van der Waals surface area contributed by atoms with Crippen LogP contribution >= 0.6 is 0 Å². The smallest absolute Gasteiger partial charge is 0.408 e. The van der Waals surface area contributed by atoms with Gasteiger partial charge in [-0.2, -0.15) is 0 Å². The number of hydrogen-bond donors (Lipinski definition) is 2. The maximum absolute atomic E-state index is 12.2. The van der Waals surface area contributed by atoms with Gasteiger partial charge in [0.1, 0.15) is 30.0 Å². The lowest BCUT2D eigenvalue weighted by Crippen LogP contribution is -2.63. The maximum atomic E-state index is 12.2. The van der Waals surface area contributed by atoms with Gasteiger partial charge in [-0.3, -0.25) is 0 Å². The Balaban J connectivity index is 1.85. The minimum Gasteiger partial charge on any atom is -0.480 e. The molecule has 0 saturated carbocycles. The van der Waals surface area contributed by atoms with E-state index in [1.165, 1.54) is 0 Å². The average Bonchev–Trinajstić information content (AvgIpc) is 2.96. The van der Waals surface area contributed by atoms with Gasteiger partial charge in [-0.05, 0) is 48.5 Å². The van der Waals surface area contributed by atoms with Crippen LogP contribution in [0.2, 0.25) is 0 Å². The molecule has 3 aliphatic rings. The van der Waals surface area contributed by atoms with Crippen molar-refractivity contribution in [2.75, 3.05) is 0 Å². The quantitative estimate of drug-likeness (QED) is 0.719. The van der Waals surface area contributed by atoms with Crippen molar-refractivity contribution in [2.45, 2.75) is 102 Å². The van der Waals surface area contributed by atoms with Crippen LogP contribution in [0.5, 0.6) is 0 Å². The molecule has 3 rings (SSSR count). The van der Waals surface area contributed by atoms with Crippen LogP contribution in [0, 0.1) is 0 Å².